The number of benzene rings is 1. The van der Waals surface area contributed by atoms with Crippen molar-refractivity contribution < 1.29 is 0 Å². The molecule has 140 valence electrons. The number of unbranched alkanes of at least 4 members (excludes halogenated alkanes) is 1. The monoisotopic (exact) mass is 354 g/mol. The van der Waals surface area contributed by atoms with Crippen molar-refractivity contribution in [2.24, 2.45) is 0 Å². The zero-order valence-electron chi connectivity index (χ0n) is 16.4. The van der Waals surface area contributed by atoms with Crippen LogP contribution in [0.1, 0.15) is 30.9 Å². The molecule has 1 aliphatic rings. The first-order valence-electron chi connectivity index (χ1n) is 9.57. The Kier molecular flexibility index (Phi) is 5.91. The predicted octanol–water partition coefficient (Wildman–Crippen LogP) is 3.05. The van der Waals surface area contributed by atoms with Crippen molar-refractivity contribution in [1.82, 2.24) is 15.2 Å². The van der Waals surface area contributed by atoms with Gasteiger partial charge in [-0.15, -0.1) is 5.10 Å². The van der Waals surface area contributed by atoms with Gasteiger partial charge in [0, 0.05) is 45.5 Å². The molecule has 1 aromatic carbocycles. The SMILES string of the molecule is CCCCN(C)c1nncc(N2CCN(c3cccc(C)c3C)CC2)n1. The molecule has 1 fully saturated rings. The summed E-state index contributed by atoms with van der Waals surface area (Å²) < 4.78 is 0. The smallest absolute Gasteiger partial charge is 0.247 e. The highest BCUT2D eigenvalue weighted by molar-refractivity contribution is 5.57. The predicted molar refractivity (Wildman–Crippen MR) is 108 cm³/mol. The average Bonchev–Trinajstić information content (AvgIpc) is 2.68. The van der Waals surface area contributed by atoms with Gasteiger partial charge in [-0.05, 0) is 37.5 Å². The summed E-state index contributed by atoms with van der Waals surface area (Å²) in [4.78, 5) is 11.6. The number of nitrogens with zero attached hydrogens (tertiary/aromatic N) is 6. The maximum Gasteiger partial charge on any atom is 0.247 e. The molecular weight excluding hydrogens is 324 g/mol. The van der Waals surface area contributed by atoms with Crippen molar-refractivity contribution in [1.29, 1.82) is 0 Å². The second kappa shape index (κ2) is 8.34. The van der Waals surface area contributed by atoms with E-state index in [-0.39, 0.29) is 0 Å². The van der Waals surface area contributed by atoms with E-state index in [4.69, 9.17) is 4.98 Å². The maximum absolute atomic E-state index is 4.74. The molecule has 0 saturated carbocycles. The van der Waals surface area contributed by atoms with Gasteiger partial charge < -0.3 is 14.7 Å². The normalized spacial score (nSPS) is 14.6. The van der Waals surface area contributed by atoms with Crippen molar-refractivity contribution in [3.05, 3.63) is 35.5 Å². The van der Waals surface area contributed by atoms with E-state index in [2.05, 4.69) is 63.9 Å². The van der Waals surface area contributed by atoms with E-state index in [0.717, 1.165) is 51.4 Å². The van der Waals surface area contributed by atoms with E-state index in [0.29, 0.717) is 5.95 Å². The Bertz CT molecular complexity index is 724. The molecule has 0 radical (unpaired) electrons. The van der Waals surface area contributed by atoms with Crippen LogP contribution in [-0.2, 0) is 0 Å². The van der Waals surface area contributed by atoms with Crippen LogP contribution in [-0.4, -0.2) is 55.0 Å². The van der Waals surface area contributed by atoms with E-state index in [1.807, 2.05) is 7.05 Å². The number of aryl methyl sites for hydroxylation is 1. The molecule has 26 heavy (non-hydrogen) atoms. The molecule has 0 atom stereocenters. The number of rotatable bonds is 6. The lowest BCUT2D eigenvalue weighted by atomic mass is 10.1. The number of piperazine rings is 1. The first kappa shape index (κ1) is 18.4. The van der Waals surface area contributed by atoms with Gasteiger partial charge in [0.15, 0.2) is 5.82 Å². The van der Waals surface area contributed by atoms with Gasteiger partial charge in [0.05, 0.1) is 6.20 Å². The minimum Gasteiger partial charge on any atom is -0.368 e. The summed E-state index contributed by atoms with van der Waals surface area (Å²) in [5.41, 5.74) is 4.08. The highest BCUT2D eigenvalue weighted by atomic mass is 15.4. The molecule has 0 spiro atoms. The first-order valence-corrected chi connectivity index (χ1v) is 9.57. The number of aromatic nitrogens is 3. The zero-order valence-corrected chi connectivity index (χ0v) is 16.4. The topological polar surface area (TPSA) is 48.4 Å². The standard InChI is InChI=1S/C20H30N6/c1-5-6-10-24(4)20-22-19(15-21-23-20)26-13-11-25(12-14-26)18-9-7-8-16(2)17(18)3/h7-9,15H,5-6,10-14H2,1-4H3. The molecule has 0 amide bonds. The van der Waals surface area contributed by atoms with E-state index in [1.54, 1.807) is 6.20 Å². The zero-order chi connectivity index (χ0) is 18.5. The summed E-state index contributed by atoms with van der Waals surface area (Å²) in [7, 11) is 2.04. The second-order valence-electron chi connectivity index (χ2n) is 7.08. The van der Waals surface area contributed by atoms with Crippen LogP contribution in [0.15, 0.2) is 24.4 Å². The van der Waals surface area contributed by atoms with Gasteiger partial charge in [0.25, 0.3) is 0 Å². The summed E-state index contributed by atoms with van der Waals surface area (Å²) in [6.07, 6.45) is 4.08. The fraction of sp³-hybridized carbons (Fsp3) is 0.550. The highest BCUT2D eigenvalue weighted by Crippen LogP contribution is 2.25. The lowest BCUT2D eigenvalue weighted by molar-refractivity contribution is 0.641. The lowest BCUT2D eigenvalue weighted by Gasteiger charge is -2.37. The Morgan fingerprint density at radius 2 is 1.81 bits per heavy atom. The molecule has 1 saturated heterocycles. The van der Waals surface area contributed by atoms with Crippen LogP contribution < -0.4 is 14.7 Å². The van der Waals surface area contributed by atoms with E-state index in [9.17, 15) is 0 Å². The van der Waals surface area contributed by atoms with Crippen molar-refractivity contribution in [3.8, 4) is 0 Å². The van der Waals surface area contributed by atoms with Gasteiger partial charge in [-0.1, -0.05) is 25.5 Å². The molecule has 3 rings (SSSR count). The Labute approximate surface area is 156 Å². The third-order valence-corrected chi connectivity index (χ3v) is 5.24. The van der Waals surface area contributed by atoms with E-state index >= 15 is 0 Å². The molecule has 2 heterocycles. The molecule has 0 bridgehead atoms. The van der Waals surface area contributed by atoms with Crippen molar-refractivity contribution in [2.75, 3.05) is 54.5 Å². The van der Waals surface area contributed by atoms with Gasteiger partial charge >= 0.3 is 0 Å². The molecule has 1 aromatic heterocycles. The molecule has 6 nitrogen and oxygen atoms in total. The van der Waals surface area contributed by atoms with Crippen molar-refractivity contribution in [2.45, 2.75) is 33.6 Å². The van der Waals surface area contributed by atoms with Crippen molar-refractivity contribution in [3.63, 3.8) is 0 Å². The molecule has 0 aliphatic carbocycles. The highest BCUT2D eigenvalue weighted by Gasteiger charge is 2.20. The van der Waals surface area contributed by atoms with Crippen LogP contribution in [0.5, 0.6) is 0 Å². The summed E-state index contributed by atoms with van der Waals surface area (Å²) in [5.74, 6) is 1.65. The summed E-state index contributed by atoms with van der Waals surface area (Å²) >= 11 is 0. The summed E-state index contributed by atoms with van der Waals surface area (Å²) in [6, 6.07) is 6.56. The molecule has 2 aromatic rings. The van der Waals surface area contributed by atoms with Gasteiger partial charge in [0.2, 0.25) is 5.95 Å². The summed E-state index contributed by atoms with van der Waals surface area (Å²) in [6.45, 7) is 11.4. The van der Waals surface area contributed by atoms with Gasteiger partial charge in [-0.25, -0.2) is 0 Å². The maximum atomic E-state index is 4.74. The third-order valence-electron chi connectivity index (χ3n) is 5.24. The van der Waals surface area contributed by atoms with Gasteiger partial charge in [0.1, 0.15) is 0 Å². The minimum atomic E-state index is 0.716. The van der Waals surface area contributed by atoms with Crippen LogP contribution in [0, 0.1) is 13.8 Å². The molecule has 6 heteroatoms. The Hall–Kier alpha value is -2.37. The van der Waals surface area contributed by atoms with Gasteiger partial charge in [-0.2, -0.15) is 10.1 Å². The van der Waals surface area contributed by atoms with Crippen molar-refractivity contribution >= 4 is 17.5 Å². The molecule has 1 aliphatic heterocycles. The van der Waals surface area contributed by atoms with E-state index in [1.165, 1.54) is 16.8 Å². The van der Waals surface area contributed by atoms with Crippen LogP contribution >= 0.6 is 0 Å². The second-order valence-corrected chi connectivity index (χ2v) is 7.08. The molecule has 0 unspecified atom stereocenters. The largest absolute Gasteiger partial charge is 0.368 e. The van der Waals surface area contributed by atoms with Crippen LogP contribution in [0.3, 0.4) is 0 Å². The Balaban J connectivity index is 1.65. The van der Waals surface area contributed by atoms with Crippen LogP contribution in [0.2, 0.25) is 0 Å². The van der Waals surface area contributed by atoms with Crippen LogP contribution in [0.25, 0.3) is 0 Å². The number of anilines is 3. The average molecular weight is 355 g/mol. The van der Waals surface area contributed by atoms with E-state index < -0.39 is 0 Å². The van der Waals surface area contributed by atoms with Gasteiger partial charge in [-0.3, -0.25) is 0 Å². The number of hydrogen-bond donors (Lipinski definition) is 0. The molecular formula is C20H30N6. The summed E-state index contributed by atoms with van der Waals surface area (Å²) in [5, 5.41) is 8.38. The fourth-order valence-corrected chi connectivity index (χ4v) is 3.35. The Morgan fingerprint density at radius 3 is 2.54 bits per heavy atom. The minimum absolute atomic E-state index is 0.716. The Morgan fingerprint density at radius 1 is 1.08 bits per heavy atom. The molecule has 0 N–H and O–H groups in total. The quantitative estimate of drug-likeness (QED) is 0.795. The lowest BCUT2D eigenvalue weighted by Crippen LogP contribution is -2.47. The number of hydrogen-bond acceptors (Lipinski definition) is 6. The first-order chi connectivity index (χ1) is 12.6. The van der Waals surface area contributed by atoms with Crippen LogP contribution in [0.4, 0.5) is 17.5 Å². The third kappa shape index (κ3) is 4.06. The fourth-order valence-electron chi connectivity index (χ4n) is 3.35.